The van der Waals surface area contributed by atoms with Gasteiger partial charge in [-0.1, -0.05) is 29.8 Å². The SMILES string of the molecule is O=c1[nH]c2c(cc1CNCc1ccccc1Cl)CCC2. The van der Waals surface area contributed by atoms with E-state index in [0.717, 1.165) is 41.1 Å². The quantitative estimate of drug-likeness (QED) is 0.909. The largest absolute Gasteiger partial charge is 0.326 e. The van der Waals surface area contributed by atoms with Crippen LogP contribution in [0.3, 0.4) is 0 Å². The molecule has 0 radical (unpaired) electrons. The minimum absolute atomic E-state index is 0.0253. The molecule has 1 aromatic carbocycles. The Morgan fingerprint density at radius 2 is 1.95 bits per heavy atom. The van der Waals surface area contributed by atoms with Gasteiger partial charge in [0.05, 0.1) is 0 Å². The zero-order valence-electron chi connectivity index (χ0n) is 11.2. The first-order valence-electron chi connectivity index (χ1n) is 6.92. The van der Waals surface area contributed by atoms with Crippen LogP contribution in [0.25, 0.3) is 0 Å². The second-order valence-corrected chi connectivity index (χ2v) is 5.58. The molecule has 0 unspecified atom stereocenters. The summed E-state index contributed by atoms with van der Waals surface area (Å²) in [5, 5.41) is 4.04. The van der Waals surface area contributed by atoms with E-state index in [9.17, 15) is 4.79 Å². The molecule has 0 atom stereocenters. The number of rotatable bonds is 4. The van der Waals surface area contributed by atoms with Crippen LogP contribution < -0.4 is 10.9 Å². The summed E-state index contributed by atoms with van der Waals surface area (Å²) in [7, 11) is 0. The van der Waals surface area contributed by atoms with Crippen LogP contribution >= 0.6 is 11.6 Å². The maximum absolute atomic E-state index is 12.0. The average Bonchev–Trinajstić information content (AvgIpc) is 2.88. The highest BCUT2D eigenvalue weighted by Gasteiger charge is 2.13. The Bertz CT molecular complexity index is 678. The van der Waals surface area contributed by atoms with Gasteiger partial charge in [-0.25, -0.2) is 0 Å². The van der Waals surface area contributed by atoms with Gasteiger partial charge in [0, 0.05) is 29.4 Å². The highest BCUT2D eigenvalue weighted by atomic mass is 35.5. The van der Waals surface area contributed by atoms with Gasteiger partial charge in [-0.15, -0.1) is 0 Å². The lowest BCUT2D eigenvalue weighted by atomic mass is 10.1. The predicted octanol–water partition coefficient (Wildman–Crippen LogP) is 2.81. The van der Waals surface area contributed by atoms with Crippen LogP contribution in [-0.4, -0.2) is 4.98 Å². The highest BCUT2D eigenvalue weighted by Crippen LogP contribution is 2.19. The van der Waals surface area contributed by atoms with E-state index in [-0.39, 0.29) is 5.56 Å². The van der Waals surface area contributed by atoms with E-state index in [1.165, 1.54) is 5.56 Å². The molecule has 1 aliphatic rings. The Morgan fingerprint density at radius 1 is 1.15 bits per heavy atom. The lowest BCUT2D eigenvalue weighted by molar-refractivity contribution is 0.686. The normalized spacial score (nSPS) is 13.4. The molecular formula is C16H17ClN2O. The number of benzene rings is 1. The van der Waals surface area contributed by atoms with Crippen LogP contribution in [0.4, 0.5) is 0 Å². The highest BCUT2D eigenvalue weighted by molar-refractivity contribution is 6.31. The van der Waals surface area contributed by atoms with Crippen LogP contribution in [-0.2, 0) is 25.9 Å². The van der Waals surface area contributed by atoms with Crippen molar-refractivity contribution in [2.45, 2.75) is 32.4 Å². The van der Waals surface area contributed by atoms with Crippen LogP contribution in [0.2, 0.25) is 5.02 Å². The fraction of sp³-hybridized carbons (Fsp3) is 0.312. The summed E-state index contributed by atoms with van der Waals surface area (Å²) in [5.74, 6) is 0. The van der Waals surface area contributed by atoms with Crippen LogP contribution in [0.5, 0.6) is 0 Å². The maximum Gasteiger partial charge on any atom is 0.252 e. The van der Waals surface area contributed by atoms with Gasteiger partial charge >= 0.3 is 0 Å². The fourth-order valence-corrected chi connectivity index (χ4v) is 2.87. The number of H-pyrrole nitrogens is 1. The monoisotopic (exact) mass is 288 g/mol. The summed E-state index contributed by atoms with van der Waals surface area (Å²) in [6.07, 6.45) is 3.21. The summed E-state index contributed by atoms with van der Waals surface area (Å²) < 4.78 is 0. The standard InChI is InChI=1S/C16H17ClN2O/c17-14-6-2-1-4-12(14)9-18-10-13-8-11-5-3-7-15(11)19-16(13)20/h1-2,4,6,8,18H,3,5,7,9-10H2,(H,19,20). The van der Waals surface area contributed by atoms with Crippen molar-refractivity contribution in [3.8, 4) is 0 Å². The van der Waals surface area contributed by atoms with E-state index < -0.39 is 0 Å². The molecule has 2 aromatic rings. The van der Waals surface area contributed by atoms with E-state index >= 15 is 0 Å². The molecular weight excluding hydrogens is 272 g/mol. The van der Waals surface area contributed by atoms with E-state index in [1.807, 2.05) is 30.3 Å². The Hall–Kier alpha value is -1.58. The van der Waals surface area contributed by atoms with Gasteiger partial charge in [0.25, 0.3) is 5.56 Å². The van der Waals surface area contributed by atoms with E-state index in [1.54, 1.807) is 0 Å². The second kappa shape index (κ2) is 5.81. The van der Waals surface area contributed by atoms with Crippen molar-refractivity contribution in [2.24, 2.45) is 0 Å². The van der Waals surface area contributed by atoms with Crippen molar-refractivity contribution in [3.05, 3.63) is 68.1 Å². The molecule has 1 aliphatic carbocycles. The summed E-state index contributed by atoms with van der Waals surface area (Å²) >= 11 is 6.11. The Labute approximate surface area is 123 Å². The smallest absolute Gasteiger partial charge is 0.252 e. The Kier molecular flexibility index (Phi) is 3.90. The first-order chi connectivity index (χ1) is 9.74. The van der Waals surface area contributed by atoms with Crippen molar-refractivity contribution >= 4 is 11.6 Å². The minimum Gasteiger partial charge on any atom is -0.326 e. The number of nitrogens with one attached hydrogen (secondary N) is 2. The van der Waals surface area contributed by atoms with E-state index in [2.05, 4.69) is 10.3 Å². The molecule has 2 N–H and O–H groups in total. The van der Waals surface area contributed by atoms with Gasteiger partial charge in [0.2, 0.25) is 0 Å². The summed E-state index contributed by atoms with van der Waals surface area (Å²) in [6, 6.07) is 9.78. The van der Waals surface area contributed by atoms with Crippen molar-refractivity contribution < 1.29 is 0 Å². The first kappa shape index (κ1) is 13.4. The van der Waals surface area contributed by atoms with Gasteiger partial charge < -0.3 is 10.3 Å². The number of aromatic amines is 1. The molecule has 3 nitrogen and oxygen atoms in total. The van der Waals surface area contributed by atoms with E-state index in [4.69, 9.17) is 11.6 Å². The number of halogens is 1. The lowest BCUT2D eigenvalue weighted by Gasteiger charge is -2.08. The van der Waals surface area contributed by atoms with Gasteiger partial charge in [-0.2, -0.15) is 0 Å². The van der Waals surface area contributed by atoms with Crippen molar-refractivity contribution in [1.82, 2.24) is 10.3 Å². The van der Waals surface area contributed by atoms with Crippen molar-refractivity contribution in [2.75, 3.05) is 0 Å². The second-order valence-electron chi connectivity index (χ2n) is 5.18. The number of fused-ring (bicyclic) bond motifs is 1. The molecule has 1 aromatic heterocycles. The molecule has 4 heteroatoms. The zero-order valence-corrected chi connectivity index (χ0v) is 12.0. The van der Waals surface area contributed by atoms with Gasteiger partial charge in [0.15, 0.2) is 0 Å². The molecule has 3 rings (SSSR count). The van der Waals surface area contributed by atoms with Crippen LogP contribution in [0, 0.1) is 0 Å². The third kappa shape index (κ3) is 2.79. The third-order valence-corrected chi connectivity index (χ3v) is 4.12. The van der Waals surface area contributed by atoms with Crippen LogP contribution in [0.1, 0.15) is 28.8 Å². The fourth-order valence-electron chi connectivity index (χ4n) is 2.67. The Morgan fingerprint density at radius 3 is 2.80 bits per heavy atom. The van der Waals surface area contributed by atoms with Crippen molar-refractivity contribution in [3.63, 3.8) is 0 Å². The topological polar surface area (TPSA) is 44.9 Å². The average molecular weight is 289 g/mol. The molecule has 0 spiro atoms. The summed E-state index contributed by atoms with van der Waals surface area (Å²) in [6.45, 7) is 1.23. The predicted molar refractivity (Wildman–Crippen MR) is 81.1 cm³/mol. The van der Waals surface area contributed by atoms with E-state index in [0.29, 0.717) is 13.1 Å². The lowest BCUT2D eigenvalue weighted by Crippen LogP contribution is -2.22. The molecule has 0 amide bonds. The molecule has 0 saturated carbocycles. The first-order valence-corrected chi connectivity index (χ1v) is 7.30. The van der Waals surface area contributed by atoms with Gasteiger partial charge in [-0.05, 0) is 42.5 Å². The van der Waals surface area contributed by atoms with Gasteiger partial charge in [0.1, 0.15) is 0 Å². The van der Waals surface area contributed by atoms with Gasteiger partial charge in [-0.3, -0.25) is 4.79 Å². The molecule has 104 valence electrons. The molecule has 20 heavy (non-hydrogen) atoms. The molecule has 0 bridgehead atoms. The Balaban J connectivity index is 1.67. The van der Waals surface area contributed by atoms with Crippen LogP contribution in [0.15, 0.2) is 35.1 Å². The van der Waals surface area contributed by atoms with Crippen molar-refractivity contribution in [1.29, 1.82) is 0 Å². The number of aryl methyl sites for hydroxylation is 2. The third-order valence-electron chi connectivity index (χ3n) is 3.75. The zero-order chi connectivity index (χ0) is 13.9. The molecule has 0 aliphatic heterocycles. The number of aromatic nitrogens is 1. The summed E-state index contributed by atoms with van der Waals surface area (Å²) in [5.41, 5.74) is 4.28. The summed E-state index contributed by atoms with van der Waals surface area (Å²) in [4.78, 5) is 15.0. The minimum atomic E-state index is 0.0253. The molecule has 1 heterocycles. The molecule has 0 fully saturated rings. The number of hydrogen-bond acceptors (Lipinski definition) is 2. The maximum atomic E-state index is 12.0. The number of hydrogen-bond donors (Lipinski definition) is 2. The molecule has 0 saturated heterocycles. The number of pyridine rings is 1.